The van der Waals surface area contributed by atoms with Gasteiger partial charge in [0.1, 0.15) is 11.1 Å². The third kappa shape index (κ3) is 4.79. The Morgan fingerprint density at radius 3 is 2.54 bits per heavy atom. The molecule has 0 bridgehead atoms. The molecule has 0 spiro atoms. The van der Waals surface area contributed by atoms with Crippen molar-refractivity contribution in [1.29, 1.82) is 0 Å². The molecule has 1 unspecified atom stereocenters. The third-order valence-electron chi connectivity index (χ3n) is 5.30. The summed E-state index contributed by atoms with van der Waals surface area (Å²) in [7, 11) is 0. The Morgan fingerprint density at radius 2 is 1.77 bits per heavy atom. The number of alkyl halides is 1. The molecule has 0 aliphatic heterocycles. The van der Waals surface area contributed by atoms with Crippen LogP contribution in [0, 0.1) is 0 Å². The predicted octanol–water partition coefficient (Wildman–Crippen LogP) is 5.28. The number of halogens is 2. The minimum Gasteiger partial charge on any atom is -0.349 e. The number of fused-ring (bicyclic) bond motifs is 1. The average molecular weight is 551 g/mol. The highest BCUT2D eigenvalue weighted by Gasteiger charge is 2.20. The van der Waals surface area contributed by atoms with Crippen LogP contribution in [-0.4, -0.2) is 37.4 Å². The summed E-state index contributed by atoms with van der Waals surface area (Å²) in [5.41, 5.74) is 3.24. The summed E-state index contributed by atoms with van der Waals surface area (Å²) in [6.07, 6.45) is 0. The maximum absolute atomic E-state index is 13.1. The lowest BCUT2D eigenvalue weighted by Gasteiger charge is -2.11. The van der Waals surface area contributed by atoms with E-state index in [0.29, 0.717) is 39.5 Å². The molecule has 4 N–H and O–H groups in total. The highest BCUT2D eigenvalue weighted by Crippen LogP contribution is 2.30. The number of amides is 2. The van der Waals surface area contributed by atoms with E-state index in [1.165, 1.54) is 0 Å². The van der Waals surface area contributed by atoms with E-state index in [1.54, 1.807) is 48.5 Å². The Kier molecular flexibility index (Phi) is 6.30. The van der Waals surface area contributed by atoms with Gasteiger partial charge in [-0.2, -0.15) is 5.21 Å². The lowest BCUT2D eigenvalue weighted by molar-refractivity contribution is -0.116. The van der Waals surface area contributed by atoms with Crippen molar-refractivity contribution in [3.05, 3.63) is 88.5 Å². The summed E-state index contributed by atoms with van der Waals surface area (Å²) < 4.78 is 0.800. The van der Waals surface area contributed by atoms with Gasteiger partial charge in [0.2, 0.25) is 11.7 Å². The number of aromatic amines is 2. The van der Waals surface area contributed by atoms with Crippen LogP contribution in [0.5, 0.6) is 0 Å². The van der Waals surface area contributed by atoms with Crippen molar-refractivity contribution in [2.45, 2.75) is 5.38 Å². The Hall–Kier alpha value is -4.02. The van der Waals surface area contributed by atoms with Gasteiger partial charge in [0.15, 0.2) is 0 Å². The van der Waals surface area contributed by atoms with E-state index in [9.17, 15) is 9.59 Å². The Balaban J connectivity index is 1.40. The number of anilines is 2. The summed E-state index contributed by atoms with van der Waals surface area (Å²) in [6.45, 7) is 0. The monoisotopic (exact) mass is 549 g/mol. The molecule has 11 heteroatoms. The highest BCUT2D eigenvalue weighted by atomic mass is 79.9. The molecule has 2 heterocycles. The molecule has 5 rings (SSSR count). The smallest absolute Gasteiger partial charge is 0.272 e. The Labute approximate surface area is 212 Å². The maximum Gasteiger partial charge on any atom is 0.272 e. The summed E-state index contributed by atoms with van der Waals surface area (Å²) in [5.74, 6) is -0.395. The zero-order valence-electron chi connectivity index (χ0n) is 17.9. The molecule has 35 heavy (non-hydrogen) atoms. The number of hydrogen-bond acceptors (Lipinski definition) is 5. The second-order valence-electron chi connectivity index (χ2n) is 7.59. The fraction of sp³-hybridized carbons (Fsp3) is 0.0417. The molecule has 0 fully saturated rings. The number of benzene rings is 3. The molecule has 5 aromatic rings. The molecule has 0 aliphatic carbocycles. The maximum atomic E-state index is 13.1. The molecule has 2 amide bonds. The number of H-pyrrole nitrogens is 2. The number of nitrogens with one attached hydrogen (secondary N) is 4. The number of carbonyl (C=O) groups is 2. The standard InChI is InChI=1S/C24H17BrClN7O2/c25-15-9-10-17(16(12-15)22-30-32-33-31-22)28-23(34)19-11-14-7-4-8-18(21(14)27-19)29-24(35)20(26)13-5-2-1-3-6-13/h1-12,20,27H,(H,28,34)(H,29,35)(H,30,31,32,33). The van der Waals surface area contributed by atoms with E-state index in [2.05, 4.69) is 52.2 Å². The number of aromatic nitrogens is 5. The van der Waals surface area contributed by atoms with Gasteiger partial charge in [-0.05, 0) is 41.1 Å². The van der Waals surface area contributed by atoms with Gasteiger partial charge in [-0.25, -0.2) is 0 Å². The summed E-state index contributed by atoms with van der Waals surface area (Å²) in [4.78, 5) is 29.0. The van der Waals surface area contributed by atoms with Crippen LogP contribution >= 0.6 is 27.5 Å². The lowest BCUT2D eigenvalue weighted by atomic mass is 10.1. The van der Waals surface area contributed by atoms with E-state index >= 15 is 0 Å². The van der Waals surface area contributed by atoms with Crippen LogP contribution in [0.3, 0.4) is 0 Å². The van der Waals surface area contributed by atoms with Crippen molar-refractivity contribution in [1.82, 2.24) is 25.6 Å². The van der Waals surface area contributed by atoms with Crippen molar-refractivity contribution in [3.8, 4) is 11.4 Å². The van der Waals surface area contributed by atoms with Gasteiger partial charge in [0.05, 0.1) is 16.9 Å². The minimum atomic E-state index is -0.856. The summed E-state index contributed by atoms with van der Waals surface area (Å²) >= 11 is 9.79. The zero-order chi connectivity index (χ0) is 24.4. The van der Waals surface area contributed by atoms with Gasteiger partial charge < -0.3 is 15.6 Å². The fourth-order valence-corrected chi connectivity index (χ4v) is 4.19. The number of carbonyl (C=O) groups excluding carboxylic acids is 2. The first-order valence-corrected chi connectivity index (χ1v) is 11.7. The van der Waals surface area contributed by atoms with Crippen molar-refractivity contribution in [3.63, 3.8) is 0 Å². The topological polar surface area (TPSA) is 128 Å². The van der Waals surface area contributed by atoms with E-state index in [-0.39, 0.29) is 11.8 Å². The van der Waals surface area contributed by atoms with E-state index in [4.69, 9.17) is 11.6 Å². The number of para-hydroxylation sites is 1. The zero-order valence-corrected chi connectivity index (χ0v) is 20.3. The third-order valence-corrected chi connectivity index (χ3v) is 6.24. The molecule has 3 aromatic carbocycles. The molecule has 174 valence electrons. The first-order chi connectivity index (χ1) is 17.0. The van der Waals surface area contributed by atoms with Crippen LogP contribution in [-0.2, 0) is 4.79 Å². The molecule has 0 saturated carbocycles. The fourth-order valence-electron chi connectivity index (χ4n) is 3.63. The van der Waals surface area contributed by atoms with Crippen LogP contribution in [0.15, 0.2) is 77.3 Å². The van der Waals surface area contributed by atoms with Crippen LogP contribution in [0.4, 0.5) is 11.4 Å². The number of rotatable bonds is 6. The molecule has 9 nitrogen and oxygen atoms in total. The molecular formula is C24H17BrClN7O2. The van der Waals surface area contributed by atoms with Crippen LogP contribution < -0.4 is 10.6 Å². The van der Waals surface area contributed by atoms with Crippen molar-refractivity contribution in [2.75, 3.05) is 10.6 Å². The minimum absolute atomic E-state index is 0.314. The van der Waals surface area contributed by atoms with Gasteiger partial charge in [0, 0.05) is 15.4 Å². The quantitative estimate of drug-likeness (QED) is 0.214. The van der Waals surface area contributed by atoms with E-state index in [1.807, 2.05) is 24.3 Å². The molecule has 0 radical (unpaired) electrons. The second kappa shape index (κ2) is 9.69. The first kappa shape index (κ1) is 22.8. The van der Waals surface area contributed by atoms with Gasteiger partial charge in [-0.1, -0.05) is 58.4 Å². The largest absolute Gasteiger partial charge is 0.349 e. The Morgan fingerprint density at radius 1 is 0.943 bits per heavy atom. The predicted molar refractivity (Wildman–Crippen MR) is 137 cm³/mol. The summed E-state index contributed by atoms with van der Waals surface area (Å²) in [6, 6.07) is 21.5. The van der Waals surface area contributed by atoms with Gasteiger partial charge in [-0.15, -0.1) is 21.8 Å². The SMILES string of the molecule is O=C(Nc1ccc(Br)cc1-c1nn[nH]n1)c1cc2cccc(NC(=O)C(Cl)c3ccccc3)c2[nH]1. The van der Waals surface area contributed by atoms with Crippen molar-refractivity contribution < 1.29 is 9.59 Å². The molecule has 1 atom stereocenters. The van der Waals surface area contributed by atoms with Gasteiger partial charge in [0.25, 0.3) is 5.91 Å². The van der Waals surface area contributed by atoms with Gasteiger partial charge >= 0.3 is 0 Å². The highest BCUT2D eigenvalue weighted by molar-refractivity contribution is 9.10. The number of nitrogens with zero attached hydrogens (tertiary/aromatic N) is 3. The average Bonchev–Trinajstić information content (AvgIpc) is 3.56. The molecular weight excluding hydrogens is 534 g/mol. The number of tetrazole rings is 1. The van der Waals surface area contributed by atoms with E-state index < -0.39 is 5.38 Å². The molecule has 2 aromatic heterocycles. The molecule has 0 aliphatic rings. The molecule has 0 saturated heterocycles. The van der Waals surface area contributed by atoms with E-state index in [0.717, 1.165) is 9.86 Å². The summed E-state index contributed by atoms with van der Waals surface area (Å²) in [5, 5.41) is 19.6. The number of hydrogen-bond donors (Lipinski definition) is 4. The second-order valence-corrected chi connectivity index (χ2v) is 8.95. The first-order valence-electron chi connectivity index (χ1n) is 10.5. The van der Waals surface area contributed by atoms with Crippen LogP contribution in [0.25, 0.3) is 22.3 Å². The van der Waals surface area contributed by atoms with Crippen LogP contribution in [0.1, 0.15) is 21.4 Å². The van der Waals surface area contributed by atoms with Crippen LogP contribution in [0.2, 0.25) is 0 Å². The Bertz CT molecular complexity index is 1520. The van der Waals surface area contributed by atoms with Crippen molar-refractivity contribution >= 4 is 61.6 Å². The normalized spacial score (nSPS) is 11.8. The van der Waals surface area contributed by atoms with Crippen molar-refractivity contribution in [2.24, 2.45) is 0 Å². The van der Waals surface area contributed by atoms with Gasteiger partial charge in [-0.3, -0.25) is 9.59 Å². The lowest BCUT2D eigenvalue weighted by Crippen LogP contribution is -2.17.